The van der Waals surface area contributed by atoms with Crippen molar-refractivity contribution in [3.05, 3.63) is 69.7 Å². The molecule has 0 radical (unpaired) electrons. The molecule has 2 N–H and O–H groups in total. The molecule has 0 bridgehead atoms. The van der Waals surface area contributed by atoms with Gasteiger partial charge in [-0.2, -0.15) is 0 Å². The Kier molecular flexibility index (Phi) is 6.37. The minimum atomic E-state index is -1.35. The highest BCUT2D eigenvalue weighted by Gasteiger charge is 2.52. The van der Waals surface area contributed by atoms with E-state index in [1.165, 1.54) is 11.3 Å². The molecule has 1 saturated carbocycles. The summed E-state index contributed by atoms with van der Waals surface area (Å²) in [5.74, 6) is 1.26. The van der Waals surface area contributed by atoms with E-state index in [1.54, 1.807) is 12.3 Å². The molecule has 0 spiro atoms. The number of carbonyl (C=O) groups excluding carboxylic acids is 1. The minimum Gasteiger partial charge on any atom is -0.454 e. The van der Waals surface area contributed by atoms with Crippen molar-refractivity contribution in [1.29, 1.82) is 0 Å². The lowest BCUT2D eigenvalue weighted by molar-refractivity contribution is -0.118. The van der Waals surface area contributed by atoms with Crippen molar-refractivity contribution in [1.82, 2.24) is 9.71 Å². The van der Waals surface area contributed by atoms with E-state index in [-0.39, 0.29) is 12.7 Å². The second kappa shape index (κ2) is 9.20. The van der Waals surface area contributed by atoms with Gasteiger partial charge in [-0.05, 0) is 62.9 Å². The van der Waals surface area contributed by atoms with E-state index in [0.29, 0.717) is 21.7 Å². The van der Waals surface area contributed by atoms with Gasteiger partial charge in [-0.1, -0.05) is 47.2 Å². The molecule has 1 amide bonds. The standard InChI is InChI=1S/C25H26ClN3O4S2/c1-24(2,3)35(31)29-21(16-6-4-5-7-17(16)26)20-13-27-23(34-20)28-22(30)25(10-11-25)15-8-9-18-19(12-15)33-14-32-18/h4-9,12-13,21,29H,10-11,14H2,1-3H3,(H,27,28,30)/t21-,35-/m1/s1. The highest BCUT2D eigenvalue weighted by molar-refractivity contribution is 7.84. The predicted molar refractivity (Wildman–Crippen MR) is 139 cm³/mol. The summed E-state index contributed by atoms with van der Waals surface area (Å²) in [4.78, 5) is 18.6. The maximum atomic E-state index is 13.3. The Hall–Kier alpha value is -2.46. The molecular formula is C25H26ClN3O4S2. The van der Waals surface area contributed by atoms with Gasteiger partial charge in [0.2, 0.25) is 12.7 Å². The SMILES string of the molecule is CC(C)(C)[S@@](=O)N[C@@H](c1cnc(NC(=O)C2(c3ccc4c(c3)OCO4)CC2)s1)c1ccccc1Cl. The average molecular weight is 532 g/mol. The number of hydrogen-bond donors (Lipinski definition) is 2. The number of halogens is 1. The molecule has 1 aromatic heterocycles. The Morgan fingerprint density at radius 1 is 1.17 bits per heavy atom. The van der Waals surface area contributed by atoms with Crippen LogP contribution in [0.15, 0.2) is 48.7 Å². The van der Waals surface area contributed by atoms with E-state index >= 15 is 0 Å². The Balaban J connectivity index is 1.38. The number of nitrogens with zero attached hydrogens (tertiary/aromatic N) is 1. The number of nitrogens with one attached hydrogen (secondary N) is 2. The maximum Gasteiger partial charge on any atom is 0.236 e. The van der Waals surface area contributed by atoms with E-state index in [4.69, 9.17) is 21.1 Å². The summed E-state index contributed by atoms with van der Waals surface area (Å²) in [6.07, 6.45) is 3.21. The molecule has 184 valence electrons. The molecule has 1 fully saturated rings. The zero-order valence-corrected chi connectivity index (χ0v) is 22.0. The summed E-state index contributed by atoms with van der Waals surface area (Å²) in [6.45, 7) is 5.91. The first-order chi connectivity index (χ1) is 16.7. The lowest BCUT2D eigenvalue weighted by atomic mass is 9.94. The van der Waals surface area contributed by atoms with Crippen LogP contribution >= 0.6 is 22.9 Å². The maximum absolute atomic E-state index is 13.3. The summed E-state index contributed by atoms with van der Waals surface area (Å²) < 4.78 is 26.6. The summed E-state index contributed by atoms with van der Waals surface area (Å²) in [5.41, 5.74) is 1.11. The molecule has 1 aliphatic carbocycles. The van der Waals surface area contributed by atoms with E-state index in [1.807, 2.05) is 57.2 Å². The van der Waals surface area contributed by atoms with Gasteiger partial charge in [0.15, 0.2) is 16.6 Å². The monoisotopic (exact) mass is 531 g/mol. The number of benzene rings is 2. The Bertz CT molecular complexity index is 1300. The quantitative estimate of drug-likeness (QED) is 0.430. The van der Waals surface area contributed by atoms with Gasteiger partial charge in [0.25, 0.3) is 0 Å². The van der Waals surface area contributed by atoms with Crippen LogP contribution in [-0.2, 0) is 21.2 Å². The molecule has 35 heavy (non-hydrogen) atoms. The first kappa shape index (κ1) is 24.2. The topological polar surface area (TPSA) is 89.6 Å². The summed E-state index contributed by atoms with van der Waals surface area (Å²) in [6, 6.07) is 12.7. The third-order valence-corrected chi connectivity index (χ3v) is 9.02. The number of rotatable bonds is 7. The average Bonchev–Trinajstić information content (AvgIpc) is 3.28. The Morgan fingerprint density at radius 2 is 1.91 bits per heavy atom. The van der Waals surface area contributed by atoms with Gasteiger partial charge in [-0.3, -0.25) is 4.79 Å². The molecule has 2 aliphatic rings. The zero-order chi connectivity index (χ0) is 24.8. The van der Waals surface area contributed by atoms with Crippen LogP contribution in [0.25, 0.3) is 0 Å². The van der Waals surface area contributed by atoms with Crippen molar-refractivity contribution >= 4 is 45.0 Å². The van der Waals surface area contributed by atoms with Crippen LogP contribution in [-0.4, -0.2) is 26.6 Å². The van der Waals surface area contributed by atoms with E-state index in [9.17, 15) is 9.00 Å². The molecule has 7 nitrogen and oxygen atoms in total. The molecule has 2 atom stereocenters. The number of hydrogen-bond acceptors (Lipinski definition) is 6. The number of thiazole rings is 1. The van der Waals surface area contributed by atoms with Gasteiger partial charge < -0.3 is 14.8 Å². The van der Waals surface area contributed by atoms with Crippen molar-refractivity contribution in [2.75, 3.05) is 12.1 Å². The fourth-order valence-electron chi connectivity index (χ4n) is 3.93. The molecule has 1 aliphatic heterocycles. The third-order valence-electron chi connectivity index (χ3n) is 6.14. The van der Waals surface area contributed by atoms with Crippen molar-refractivity contribution in [2.24, 2.45) is 0 Å². The lowest BCUT2D eigenvalue weighted by Gasteiger charge is -2.24. The van der Waals surface area contributed by atoms with Crippen molar-refractivity contribution in [2.45, 2.75) is 49.8 Å². The van der Waals surface area contributed by atoms with Crippen molar-refractivity contribution in [3.63, 3.8) is 0 Å². The van der Waals surface area contributed by atoms with Crippen LogP contribution in [0.1, 0.15) is 55.7 Å². The van der Waals surface area contributed by atoms with Gasteiger partial charge in [0.05, 0.1) is 27.2 Å². The van der Waals surface area contributed by atoms with Crippen LogP contribution in [0, 0.1) is 0 Å². The molecule has 10 heteroatoms. The van der Waals surface area contributed by atoms with Crippen molar-refractivity contribution < 1.29 is 18.5 Å². The fourth-order valence-corrected chi connectivity index (χ4v) is 5.95. The van der Waals surface area contributed by atoms with Crippen LogP contribution in [0.5, 0.6) is 11.5 Å². The molecular weight excluding hydrogens is 506 g/mol. The number of aromatic nitrogens is 1. The second-order valence-electron chi connectivity index (χ2n) is 9.63. The Labute approximate surface area is 215 Å². The predicted octanol–water partition coefficient (Wildman–Crippen LogP) is 5.34. The van der Waals surface area contributed by atoms with Crippen LogP contribution < -0.4 is 19.5 Å². The summed E-state index contributed by atoms with van der Waals surface area (Å²) in [7, 11) is -1.35. The first-order valence-electron chi connectivity index (χ1n) is 11.3. The smallest absolute Gasteiger partial charge is 0.236 e. The highest BCUT2D eigenvalue weighted by atomic mass is 35.5. The van der Waals surface area contributed by atoms with Gasteiger partial charge in [-0.25, -0.2) is 13.9 Å². The van der Waals surface area contributed by atoms with Gasteiger partial charge in [-0.15, -0.1) is 0 Å². The van der Waals surface area contributed by atoms with Gasteiger partial charge >= 0.3 is 0 Å². The zero-order valence-electron chi connectivity index (χ0n) is 19.6. The molecule has 5 rings (SSSR count). The Morgan fingerprint density at radius 3 is 2.63 bits per heavy atom. The lowest BCUT2D eigenvalue weighted by Crippen LogP contribution is -2.36. The molecule has 2 aromatic carbocycles. The fraction of sp³-hybridized carbons (Fsp3) is 0.360. The van der Waals surface area contributed by atoms with Crippen LogP contribution in [0.2, 0.25) is 5.02 Å². The van der Waals surface area contributed by atoms with Crippen LogP contribution in [0.3, 0.4) is 0 Å². The van der Waals surface area contributed by atoms with Crippen molar-refractivity contribution in [3.8, 4) is 11.5 Å². The molecule has 0 unspecified atom stereocenters. The van der Waals surface area contributed by atoms with Gasteiger partial charge in [0.1, 0.15) is 0 Å². The number of anilines is 1. The highest BCUT2D eigenvalue weighted by Crippen LogP contribution is 2.51. The van der Waals surface area contributed by atoms with E-state index < -0.39 is 27.2 Å². The largest absolute Gasteiger partial charge is 0.454 e. The first-order valence-corrected chi connectivity index (χ1v) is 13.6. The third kappa shape index (κ3) is 4.82. The number of carbonyl (C=O) groups is 1. The molecule has 0 saturated heterocycles. The minimum absolute atomic E-state index is 0.0993. The van der Waals surface area contributed by atoms with E-state index in [0.717, 1.165) is 28.8 Å². The number of ether oxygens (including phenoxy) is 2. The van der Waals surface area contributed by atoms with Crippen LogP contribution in [0.4, 0.5) is 5.13 Å². The number of fused-ring (bicyclic) bond motifs is 1. The second-order valence-corrected chi connectivity index (χ2v) is 13.1. The molecule has 3 aromatic rings. The summed E-state index contributed by atoms with van der Waals surface area (Å²) >= 11 is 7.83. The normalized spacial score (nSPS) is 17.6. The number of amides is 1. The van der Waals surface area contributed by atoms with E-state index in [2.05, 4.69) is 15.0 Å². The summed E-state index contributed by atoms with van der Waals surface area (Å²) in [5, 5.41) is 4.04. The molecule has 2 heterocycles. The van der Waals surface area contributed by atoms with Gasteiger partial charge in [0, 0.05) is 16.1 Å².